The van der Waals surface area contributed by atoms with Crippen molar-refractivity contribution in [1.82, 2.24) is 14.1 Å². The first-order valence-electron chi connectivity index (χ1n) is 26.8. The van der Waals surface area contributed by atoms with E-state index in [1.165, 1.54) is 33.4 Å². The zero-order valence-corrected chi connectivity index (χ0v) is 47.8. The fourth-order valence-electron chi connectivity index (χ4n) is 11.3. The molecule has 0 bridgehead atoms. The van der Waals surface area contributed by atoms with Crippen molar-refractivity contribution < 1.29 is 30.4 Å². The third kappa shape index (κ3) is 8.79. The molecule has 0 spiro atoms. The van der Waals surface area contributed by atoms with E-state index in [1.807, 2.05) is 24.4 Å². The maximum atomic E-state index is 6.80. The summed E-state index contributed by atoms with van der Waals surface area (Å²) in [5.74, 6) is 1.99. The predicted molar refractivity (Wildman–Crippen MR) is 317 cm³/mol. The van der Waals surface area contributed by atoms with E-state index in [-0.39, 0.29) is 37.3 Å². The summed E-state index contributed by atoms with van der Waals surface area (Å²) >= 11 is 0. The van der Waals surface area contributed by atoms with Crippen molar-refractivity contribution in [1.29, 1.82) is 0 Å². The van der Waals surface area contributed by atoms with Gasteiger partial charge in [0.2, 0.25) is 0 Å². The van der Waals surface area contributed by atoms with E-state index in [1.54, 1.807) is 0 Å². The number of ether oxygens (including phenoxy) is 1. The molecule has 9 aromatic carbocycles. The van der Waals surface area contributed by atoms with Crippen molar-refractivity contribution in [3.05, 3.63) is 235 Å². The van der Waals surface area contributed by atoms with Crippen LogP contribution in [0.2, 0.25) is 0 Å². The minimum atomic E-state index is -0.0438. The van der Waals surface area contributed by atoms with Crippen LogP contribution in [-0.2, 0) is 37.3 Å². The number of aromatic nitrogens is 4. The Labute approximate surface area is 472 Å². The number of hydrogen-bond acceptors (Lipinski definition) is 2. The molecule has 5 nitrogen and oxygen atoms in total. The van der Waals surface area contributed by atoms with E-state index < -0.39 is 0 Å². The summed E-state index contributed by atoms with van der Waals surface area (Å²) in [6.07, 6.45) is 5.88. The van der Waals surface area contributed by atoms with Gasteiger partial charge in [0.05, 0.1) is 16.7 Å². The van der Waals surface area contributed by atoms with Gasteiger partial charge in [0.1, 0.15) is 5.82 Å². The predicted octanol–water partition coefficient (Wildman–Crippen LogP) is 18.1. The Bertz CT molecular complexity index is 4290. The van der Waals surface area contributed by atoms with E-state index in [4.69, 9.17) is 9.72 Å². The molecule has 1 aliphatic heterocycles. The van der Waals surface area contributed by atoms with Gasteiger partial charge in [0.15, 0.2) is 0 Å². The summed E-state index contributed by atoms with van der Waals surface area (Å²) in [4.78, 5) is 4.90. The molecule has 0 fully saturated rings. The van der Waals surface area contributed by atoms with Gasteiger partial charge in [0.25, 0.3) is 6.33 Å². The van der Waals surface area contributed by atoms with Crippen LogP contribution < -0.4 is 9.30 Å². The van der Waals surface area contributed by atoms with Crippen molar-refractivity contribution in [3.63, 3.8) is 0 Å². The average molecular weight is 1190 g/mol. The molecular weight excluding hydrogens is 1130 g/mol. The quantitative estimate of drug-likeness (QED) is 0.123. The molecular formula is C72H60N4OPt-2. The molecule has 0 radical (unpaired) electrons. The van der Waals surface area contributed by atoms with E-state index in [0.29, 0.717) is 11.5 Å². The van der Waals surface area contributed by atoms with Crippen LogP contribution in [0, 0.1) is 18.5 Å². The van der Waals surface area contributed by atoms with Gasteiger partial charge in [-0.25, -0.2) is 4.98 Å². The van der Waals surface area contributed by atoms with Crippen LogP contribution in [0.4, 0.5) is 0 Å². The largest absolute Gasteiger partial charge is 0.510 e. The Hall–Kier alpha value is -8.11. The Morgan fingerprint density at radius 2 is 1.01 bits per heavy atom. The van der Waals surface area contributed by atoms with Crippen LogP contribution in [0.1, 0.15) is 79.0 Å². The number of fused-ring (bicyclic) bond motifs is 10. The minimum absolute atomic E-state index is 0. The molecule has 3 aromatic heterocycles. The molecule has 0 aliphatic carbocycles. The number of nitrogens with zero attached hydrogens (tertiary/aromatic N) is 4. The van der Waals surface area contributed by atoms with Crippen LogP contribution in [0.5, 0.6) is 11.5 Å². The maximum Gasteiger partial charge on any atom is 0.268 e. The topological polar surface area (TPSA) is 35.9 Å². The minimum Gasteiger partial charge on any atom is -0.510 e. The number of hydrogen-bond donors (Lipinski definition) is 0. The maximum absolute atomic E-state index is 6.80. The number of rotatable bonds is 6. The first-order chi connectivity index (χ1) is 37.1. The average Bonchev–Trinajstić information content (AvgIpc) is 4.18. The molecule has 4 heterocycles. The van der Waals surface area contributed by atoms with Gasteiger partial charge in [-0.3, -0.25) is 4.57 Å². The Balaban J connectivity index is 0.00000609. The molecule has 78 heavy (non-hydrogen) atoms. The Morgan fingerprint density at radius 3 is 1.74 bits per heavy atom. The second kappa shape index (κ2) is 19.1. The van der Waals surface area contributed by atoms with Crippen molar-refractivity contribution in [3.8, 4) is 84.3 Å². The van der Waals surface area contributed by atoms with Gasteiger partial charge < -0.3 is 13.9 Å². The monoisotopic (exact) mass is 1190 g/mol. The zero-order valence-electron chi connectivity index (χ0n) is 45.6. The summed E-state index contributed by atoms with van der Waals surface area (Å²) in [7, 11) is 0. The Morgan fingerprint density at radius 1 is 0.436 bits per heavy atom. The van der Waals surface area contributed by atoms with E-state index in [2.05, 4.69) is 270 Å². The number of benzene rings is 9. The summed E-state index contributed by atoms with van der Waals surface area (Å²) < 4.78 is 13.5. The second-order valence-corrected chi connectivity index (χ2v) is 23.7. The molecule has 0 unspecified atom stereocenters. The van der Waals surface area contributed by atoms with Crippen molar-refractivity contribution in [2.24, 2.45) is 0 Å². The fourth-order valence-corrected chi connectivity index (χ4v) is 11.3. The molecule has 12 aromatic rings. The number of imidazole rings is 1. The molecule has 0 saturated carbocycles. The standard InChI is InChI=1S/C72H60N4O.Pt/c1-70(2,3)49-32-27-46(28-33-49)48-31-37-58-56-19-10-11-20-57(56)61-24-16-26-65-69(61)75(68-55(22-15-23-62(68)63(58)41-48)47-29-34-50(35-30-47)71(4,5)6)45-74(65)52-17-14-18-53(43-52)77-54-36-38-60-59-21-12-13-25-64(59)76(66(60)44-54)67-42-51(39-40-73-67)72(7,8)9;/h10-42H,1-9H3;/q-2;. The number of para-hydroxylation sites is 3. The Kier molecular flexibility index (Phi) is 12.4. The molecule has 6 heteroatoms. The fraction of sp³-hybridized carbons (Fsp3) is 0.167. The molecule has 0 saturated heterocycles. The van der Waals surface area contributed by atoms with Crippen LogP contribution in [0.3, 0.4) is 0 Å². The van der Waals surface area contributed by atoms with E-state index in [9.17, 15) is 0 Å². The summed E-state index contributed by atoms with van der Waals surface area (Å²) in [5.41, 5.74) is 21.1. The van der Waals surface area contributed by atoms with Gasteiger partial charge in [-0.2, -0.15) is 18.2 Å². The molecule has 13 rings (SSSR count). The normalized spacial score (nSPS) is 12.3. The van der Waals surface area contributed by atoms with Crippen molar-refractivity contribution >= 4 is 32.8 Å². The molecule has 0 amide bonds. The van der Waals surface area contributed by atoms with Crippen LogP contribution >= 0.6 is 0 Å². The smallest absolute Gasteiger partial charge is 0.268 e. The molecule has 0 atom stereocenters. The van der Waals surface area contributed by atoms with Gasteiger partial charge in [0, 0.05) is 44.3 Å². The third-order valence-corrected chi connectivity index (χ3v) is 15.5. The SMILES string of the molecule is CC(C)(C)c1ccc(-c2ccc3c(c2)-c2cccc(-c4ccc(C(C)(C)C)cc4)c2-[n+]2[c-]n(-c4[c-]c(Oc5[c-]c6c(cc5)c5ccccc5n6-c5cc(C(C)(C)C)ccn5)ccc4)c4cccc(c42)-c2ccccc2-3)cc1.[Pt]. The summed E-state index contributed by atoms with van der Waals surface area (Å²) in [6, 6.07) is 77.9. The van der Waals surface area contributed by atoms with Crippen LogP contribution in [0.15, 0.2) is 200 Å². The summed E-state index contributed by atoms with van der Waals surface area (Å²) in [6.45, 7) is 20.3. The first-order valence-corrected chi connectivity index (χ1v) is 26.8. The van der Waals surface area contributed by atoms with Crippen molar-refractivity contribution in [2.75, 3.05) is 0 Å². The first kappa shape index (κ1) is 50.7. The van der Waals surface area contributed by atoms with Crippen molar-refractivity contribution in [2.45, 2.75) is 78.6 Å². The van der Waals surface area contributed by atoms with Gasteiger partial charge in [-0.15, -0.1) is 29.7 Å². The molecule has 386 valence electrons. The van der Waals surface area contributed by atoms with Gasteiger partial charge >= 0.3 is 0 Å². The zero-order chi connectivity index (χ0) is 53.0. The van der Waals surface area contributed by atoms with Gasteiger partial charge in [-0.05, 0) is 124 Å². The molecule has 0 N–H and O–H groups in total. The van der Waals surface area contributed by atoms with Crippen LogP contribution in [-0.4, -0.2) is 14.1 Å². The second-order valence-electron chi connectivity index (χ2n) is 23.7. The molecule has 1 aliphatic rings. The van der Waals surface area contributed by atoms with E-state index >= 15 is 0 Å². The summed E-state index contributed by atoms with van der Waals surface area (Å²) in [5, 5.41) is 2.21. The third-order valence-electron chi connectivity index (χ3n) is 15.5. The van der Waals surface area contributed by atoms with E-state index in [0.717, 1.165) is 89.0 Å². The van der Waals surface area contributed by atoms with Gasteiger partial charge in [-0.1, -0.05) is 207 Å². The van der Waals surface area contributed by atoms with Crippen LogP contribution in [0.25, 0.3) is 106 Å². The number of pyridine rings is 1.